The van der Waals surface area contributed by atoms with E-state index in [1.54, 1.807) is 4.57 Å². The molecule has 0 aliphatic carbocycles. The molecule has 1 unspecified atom stereocenters. The van der Waals surface area contributed by atoms with E-state index >= 15 is 0 Å². The third-order valence-corrected chi connectivity index (χ3v) is 4.24. The molecule has 1 aromatic heterocycles. The standard InChI is InChI=1S/C16H21N3O2/c1-11-4-3-7-18(9-11)13-5-6-15-14(8-13)17-12(2)19(15)10-16(20)21/h5-6,8,11H,3-4,7,9-10H2,1-2H3,(H,20,21). The number of benzene rings is 1. The number of nitrogens with zero attached hydrogens (tertiary/aromatic N) is 3. The van der Waals surface area contributed by atoms with Crippen molar-refractivity contribution in [2.45, 2.75) is 33.2 Å². The number of carbonyl (C=O) groups is 1. The normalized spacial score (nSPS) is 19.1. The van der Waals surface area contributed by atoms with E-state index in [0.29, 0.717) is 0 Å². The quantitative estimate of drug-likeness (QED) is 0.943. The summed E-state index contributed by atoms with van der Waals surface area (Å²) in [6.45, 7) is 6.27. The summed E-state index contributed by atoms with van der Waals surface area (Å²) in [6, 6.07) is 6.16. The number of aryl methyl sites for hydroxylation is 1. The average Bonchev–Trinajstić information content (AvgIpc) is 2.74. The first-order chi connectivity index (χ1) is 10.0. The molecule has 0 spiro atoms. The molecule has 2 heterocycles. The largest absolute Gasteiger partial charge is 0.480 e. The first-order valence-electron chi connectivity index (χ1n) is 7.48. The van der Waals surface area contributed by atoms with Gasteiger partial charge in [-0.2, -0.15) is 0 Å². The summed E-state index contributed by atoms with van der Waals surface area (Å²) < 4.78 is 1.75. The Bertz CT molecular complexity index is 677. The van der Waals surface area contributed by atoms with Gasteiger partial charge in [-0.3, -0.25) is 4.79 Å². The van der Waals surface area contributed by atoms with E-state index in [1.807, 2.05) is 13.0 Å². The molecule has 5 heteroatoms. The number of carboxylic acids is 1. The van der Waals surface area contributed by atoms with E-state index in [1.165, 1.54) is 18.5 Å². The van der Waals surface area contributed by atoms with Gasteiger partial charge in [-0.25, -0.2) is 4.98 Å². The Hall–Kier alpha value is -2.04. The minimum absolute atomic E-state index is 0.0393. The van der Waals surface area contributed by atoms with E-state index in [9.17, 15) is 4.79 Å². The lowest BCUT2D eigenvalue weighted by atomic mass is 10.00. The Labute approximate surface area is 124 Å². The third kappa shape index (κ3) is 2.73. The van der Waals surface area contributed by atoms with Gasteiger partial charge in [0.15, 0.2) is 0 Å². The number of piperidine rings is 1. The van der Waals surface area contributed by atoms with Crippen LogP contribution in [0, 0.1) is 12.8 Å². The van der Waals surface area contributed by atoms with Crippen molar-refractivity contribution in [1.82, 2.24) is 9.55 Å². The van der Waals surface area contributed by atoms with Gasteiger partial charge in [-0.15, -0.1) is 0 Å². The highest BCUT2D eigenvalue weighted by Gasteiger charge is 2.18. The molecule has 1 aliphatic rings. The van der Waals surface area contributed by atoms with Crippen LogP contribution in [0.25, 0.3) is 11.0 Å². The summed E-state index contributed by atoms with van der Waals surface area (Å²) in [5.74, 6) is 0.628. The molecular formula is C16H21N3O2. The molecule has 1 saturated heterocycles. The molecule has 1 N–H and O–H groups in total. The molecule has 1 atom stereocenters. The van der Waals surface area contributed by atoms with Gasteiger partial charge in [0.1, 0.15) is 12.4 Å². The van der Waals surface area contributed by atoms with Crippen molar-refractivity contribution >= 4 is 22.7 Å². The maximum Gasteiger partial charge on any atom is 0.323 e. The molecule has 1 aliphatic heterocycles. The maximum atomic E-state index is 11.0. The smallest absolute Gasteiger partial charge is 0.323 e. The monoisotopic (exact) mass is 287 g/mol. The first-order valence-corrected chi connectivity index (χ1v) is 7.48. The fraction of sp³-hybridized carbons (Fsp3) is 0.500. The highest BCUT2D eigenvalue weighted by atomic mass is 16.4. The van der Waals surface area contributed by atoms with Crippen molar-refractivity contribution in [3.8, 4) is 0 Å². The van der Waals surface area contributed by atoms with Crippen LogP contribution in [-0.2, 0) is 11.3 Å². The molecule has 21 heavy (non-hydrogen) atoms. The van der Waals surface area contributed by atoms with Crippen molar-refractivity contribution in [3.63, 3.8) is 0 Å². The van der Waals surface area contributed by atoms with Crippen LogP contribution >= 0.6 is 0 Å². The highest BCUT2D eigenvalue weighted by Crippen LogP contribution is 2.26. The number of anilines is 1. The van der Waals surface area contributed by atoms with E-state index in [2.05, 4.69) is 28.9 Å². The van der Waals surface area contributed by atoms with Gasteiger partial charge < -0.3 is 14.6 Å². The van der Waals surface area contributed by atoms with Crippen molar-refractivity contribution in [1.29, 1.82) is 0 Å². The molecule has 3 rings (SSSR count). The fourth-order valence-corrected chi connectivity index (χ4v) is 3.19. The number of fused-ring (bicyclic) bond motifs is 1. The van der Waals surface area contributed by atoms with Gasteiger partial charge in [-0.1, -0.05) is 6.92 Å². The van der Waals surface area contributed by atoms with Gasteiger partial charge in [0, 0.05) is 18.8 Å². The topological polar surface area (TPSA) is 58.4 Å². The molecule has 0 radical (unpaired) electrons. The fourth-order valence-electron chi connectivity index (χ4n) is 3.19. The van der Waals surface area contributed by atoms with Crippen molar-refractivity contribution in [2.24, 2.45) is 5.92 Å². The van der Waals surface area contributed by atoms with Crippen LogP contribution < -0.4 is 4.90 Å². The number of imidazole rings is 1. The predicted molar refractivity (Wildman–Crippen MR) is 82.7 cm³/mol. The van der Waals surface area contributed by atoms with Crippen LogP contribution in [-0.4, -0.2) is 33.7 Å². The lowest BCUT2D eigenvalue weighted by Crippen LogP contribution is -2.34. The molecule has 1 fully saturated rings. The van der Waals surface area contributed by atoms with Crippen LogP contribution in [0.1, 0.15) is 25.6 Å². The number of carboxylic acid groups (broad SMARTS) is 1. The Morgan fingerprint density at radius 2 is 2.29 bits per heavy atom. The molecule has 1 aromatic carbocycles. The van der Waals surface area contributed by atoms with Gasteiger partial charge in [-0.05, 0) is 43.9 Å². The minimum atomic E-state index is -0.841. The molecule has 0 bridgehead atoms. The summed E-state index contributed by atoms with van der Waals surface area (Å²) in [5.41, 5.74) is 2.96. The lowest BCUT2D eigenvalue weighted by Gasteiger charge is -2.32. The third-order valence-electron chi connectivity index (χ3n) is 4.24. The second-order valence-corrected chi connectivity index (χ2v) is 6.01. The van der Waals surface area contributed by atoms with Gasteiger partial charge >= 0.3 is 5.97 Å². The maximum absolute atomic E-state index is 11.0. The zero-order valence-corrected chi connectivity index (χ0v) is 12.5. The van der Waals surface area contributed by atoms with Crippen LogP contribution in [0.4, 0.5) is 5.69 Å². The number of rotatable bonds is 3. The number of aliphatic carboxylic acids is 1. The number of hydrogen-bond donors (Lipinski definition) is 1. The summed E-state index contributed by atoms with van der Waals surface area (Å²) in [4.78, 5) is 17.9. The molecule has 0 amide bonds. The first kappa shape index (κ1) is 13.9. The Balaban J connectivity index is 1.95. The molecule has 112 valence electrons. The van der Waals surface area contributed by atoms with Gasteiger partial charge in [0.25, 0.3) is 0 Å². The second-order valence-electron chi connectivity index (χ2n) is 6.01. The molecule has 2 aromatic rings. The highest BCUT2D eigenvalue weighted by molar-refractivity contribution is 5.82. The van der Waals surface area contributed by atoms with Crippen LogP contribution in [0.5, 0.6) is 0 Å². The minimum Gasteiger partial charge on any atom is -0.480 e. The number of hydrogen-bond acceptors (Lipinski definition) is 3. The van der Waals surface area contributed by atoms with E-state index in [-0.39, 0.29) is 6.54 Å². The summed E-state index contributed by atoms with van der Waals surface area (Å²) in [7, 11) is 0. The zero-order chi connectivity index (χ0) is 15.0. The Morgan fingerprint density at radius 1 is 1.48 bits per heavy atom. The second kappa shape index (κ2) is 5.39. The van der Waals surface area contributed by atoms with Gasteiger partial charge in [0.05, 0.1) is 11.0 Å². The lowest BCUT2D eigenvalue weighted by molar-refractivity contribution is -0.137. The molecular weight excluding hydrogens is 266 g/mol. The van der Waals surface area contributed by atoms with Crippen LogP contribution in [0.15, 0.2) is 18.2 Å². The summed E-state index contributed by atoms with van der Waals surface area (Å²) in [6.07, 6.45) is 2.52. The number of aromatic nitrogens is 2. The van der Waals surface area contributed by atoms with Gasteiger partial charge in [0.2, 0.25) is 0 Å². The Morgan fingerprint density at radius 3 is 3.00 bits per heavy atom. The summed E-state index contributed by atoms with van der Waals surface area (Å²) in [5, 5.41) is 9.00. The van der Waals surface area contributed by atoms with E-state index in [4.69, 9.17) is 5.11 Å². The van der Waals surface area contributed by atoms with Crippen molar-refractivity contribution in [3.05, 3.63) is 24.0 Å². The zero-order valence-electron chi connectivity index (χ0n) is 12.5. The van der Waals surface area contributed by atoms with Crippen LogP contribution in [0.2, 0.25) is 0 Å². The average molecular weight is 287 g/mol. The summed E-state index contributed by atoms with van der Waals surface area (Å²) >= 11 is 0. The predicted octanol–water partition coefficient (Wildman–Crippen LogP) is 2.67. The van der Waals surface area contributed by atoms with Crippen LogP contribution in [0.3, 0.4) is 0 Å². The van der Waals surface area contributed by atoms with Crippen molar-refractivity contribution < 1.29 is 9.90 Å². The van der Waals surface area contributed by atoms with Crippen molar-refractivity contribution in [2.75, 3.05) is 18.0 Å². The SMILES string of the molecule is Cc1nc2cc(N3CCCC(C)C3)ccc2n1CC(=O)O. The van der Waals surface area contributed by atoms with E-state index in [0.717, 1.165) is 35.9 Å². The molecule has 5 nitrogen and oxygen atoms in total. The van der Waals surface area contributed by atoms with E-state index < -0.39 is 5.97 Å². The molecule has 0 saturated carbocycles. The Kier molecular flexibility index (Phi) is 3.57.